The highest BCUT2D eigenvalue weighted by atomic mass is 16.1. The summed E-state index contributed by atoms with van der Waals surface area (Å²) in [5.74, 6) is 0.833. The maximum atomic E-state index is 11.0. The van der Waals surface area contributed by atoms with Crippen LogP contribution in [0.4, 0.5) is 0 Å². The molecule has 0 aromatic carbocycles. The number of aldehydes is 1. The van der Waals surface area contributed by atoms with Gasteiger partial charge in [-0.2, -0.15) is 5.10 Å². The van der Waals surface area contributed by atoms with Crippen LogP contribution < -0.4 is 0 Å². The highest BCUT2D eigenvalue weighted by molar-refractivity contribution is 5.83. The summed E-state index contributed by atoms with van der Waals surface area (Å²) < 4.78 is 1.70. The van der Waals surface area contributed by atoms with Crippen molar-refractivity contribution in [3.05, 3.63) is 29.7 Å². The third-order valence-electron chi connectivity index (χ3n) is 3.89. The van der Waals surface area contributed by atoms with Crippen LogP contribution in [0, 0.1) is 0 Å². The molecule has 3 rings (SSSR count). The molecule has 2 aromatic heterocycles. The molecule has 0 amide bonds. The first-order valence-electron chi connectivity index (χ1n) is 6.85. The largest absolute Gasteiger partial charge is 0.300 e. The first-order chi connectivity index (χ1) is 9.31. The van der Waals surface area contributed by atoms with E-state index in [1.807, 2.05) is 12.3 Å². The van der Waals surface area contributed by atoms with Gasteiger partial charge in [0.2, 0.25) is 0 Å². The van der Waals surface area contributed by atoms with Crippen molar-refractivity contribution in [1.82, 2.24) is 19.5 Å². The summed E-state index contributed by atoms with van der Waals surface area (Å²) in [5.41, 5.74) is 1.26. The summed E-state index contributed by atoms with van der Waals surface area (Å²) in [7, 11) is 0. The smallest absolute Gasteiger partial charge is 0.166 e. The predicted octanol–water partition coefficient (Wildman–Crippen LogP) is 1.57. The average molecular weight is 258 g/mol. The van der Waals surface area contributed by atoms with E-state index in [0.29, 0.717) is 17.3 Å². The second-order valence-corrected chi connectivity index (χ2v) is 5.01. The molecule has 1 aliphatic rings. The lowest BCUT2D eigenvalue weighted by Gasteiger charge is -2.21. The molecule has 1 atom stereocenters. The first-order valence-corrected chi connectivity index (χ1v) is 6.85. The minimum atomic E-state index is 0.544. The molecule has 0 radical (unpaired) electrons. The van der Waals surface area contributed by atoms with Crippen LogP contribution in [0.2, 0.25) is 0 Å². The Balaban J connectivity index is 1.87. The Kier molecular flexibility index (Phi) is 3.29. The lowest BCUT2D eigenvalue weighted by atomic mass is 10.1. The van der Waals surface area contributed by atoms with E-state index in [2.05, 4.69) is 21.9 Å². The molecule has 3 heterocycles. The van der Waals surface area contributed by atoms with Crippen molar-refractivity contribution in [2.45, 2.75) is 32.2 Å². The molecule has 5 heteroatoms. The summed E-state index contributed by atoms with van der Waals surface area (Å²) >= 11 is 0. The number of pyridine rings is 1. The molecule has 5 nitrogen and oxygen atoms in total. The van der Waals surface area contributed by atoms with Gasteiger partial charge in [0.1, 0.15) is 0 Å². The van der Waals surface area contributed by atoms with E-state index in [1.165, 1.54) is 19.4 Å². The van der Waals surface area contributed by atoms with Gasteiger partial charge in [0, 0.05) is 18.7 Å². The van der Waals surface area contributed by atoms with Crippen molar-refractivity contribution in [2.75, 3.05) is 13.1 Å². The highest BCUT2D eigenvalue weighted by Gasteiger charge is 2.24. The van der Waals surface area contributed by atoms with Crippen molar-refractivity contribution in [2.24, 2.45) is 0 Å². The topological polar surface area (TPSA) is 50.5 Å². The number of nitrogens with zero attached hydrogens (tertiary/aromatic N) is 4. The molecule has 0 N–H and O–H groups in total. The third kappa shape index (κ3) is 2.26. The minimum Gasteiger partial charge on any atom is -0.300 e. The molecule has 0 saturated carbocycles. The third-order valence-corrected chi connectivity index (χ3v) is 3.89. The van der Waals surface area contributed by atoms with Gasteiger partial charge in [-0.1, -0.05) is 6.92 Å². The van der Waals surface area contributed by atoms with Crippen LogP contribution in [0.3, 0.4) is 0 Å². The van der Waals surface area contributed by atoms with E-state index < -0.39 is 0 Å². The summed E-state index contributed by atoms with van der Waals surface area (Å²) in [6, 6.07) is 4.14. The zero-order valence-corrected chi connectivity index (χ0v) is 11.1. The van der Waals surface area contributed by atoms with Crippen LogP contribution in [0.1, 0.15) is 35.9 Å². The standard InChI is InChI=1S/C14H18N4O/c1-2-17-7-4-6-12(17)9-13-15-14-11(10-19)5-3-8-18(14)16-13/h3,5,8,10,12H,2,4,6-7,9H2,1H3. The molecule has 1 unspecified atom stereocenters. The molecule has 0 aliphatic carbocycles. The fourth-order valence-electron chi connectivity index (χ4n) is 2.90. The Morgan fingerprint density at radius 3 is 3.21 bits per heavy atom. The van der Waals surface area contributed by atoms with Gasteiger partial charge >= 0.3 is 0 Å². The SMILES string of the molecule is CCN1CCCC1Cc1nc2c(C=O)cccn2n1. The van der Waals surface area contributed by atoms with Crippen molar-refractivity contribution in [3.63, 3.8) is 0 Å². The van der Waals surface area contributed by atoms with Crippen LogP contribution in [-0.4, -0.2) is 44.9 Å². The highest BCUT2D eigenvalue weighted by Crippen LogP contribution is 2.20. The van der Waals surface area contributed by atoms with Gasteiger partial charge in [0.15, 0.2) is 17.8 Å². The number of likely N-dealkylation sites (N-methyl/N-ethyl adjacent to an activating group) is 1. The first kappa shape index (κ1) is 12.3. The van der Waals surface area contributed by atoms with Crippen LogP contribution in [-0.2, 0) is 6.42 Å². The molecule has 1 fully saturated rings. The minimum absolute atomic E-state index is 0.544. The number of carbonyl (C=O) groups excluding carboxylic acids is 1. The van der Waals surface area contributed by atoms with Gasteiger partial charge in [0.25, 0.3) is 0 Å². The lowest BCUT2D eigenvalue weighted by molar-refractivity contribution is 0.112. The van der Waals surface area contributed by atoms with Crippen LogP contribution in [0.15, 0.2) is 18.3 Å². The molecule has 1 aliphatic heterocycles. The molecular weight excluding hydrogens is 240 g/mol. The monoisotopic (exact) mass is 258 g/mol. The van der Waals surface area contributed by atoms with Crippen molar-refractivity contribution >= 4 is 11.9 Å². The molecule has 0 spiro atoms. The van der Waals surface area contributed by atoms with Gasteiger partial charge in [0.05, 0.1) is 5.56 Å². The van der Waals surface area contributed by atoms with Crippen LogP contribution in [0.5, 0.6) is 0 Å². The summed E-state index contributed by atoms with van der Waals surface area (Å²) in [6.07, 6.45) is 6.01. The zero-order valence-electron chi connectivity index (χ0n) is 11.1. The normalized spacial score (nSPS) is 20.2. The Morgan fingerprint density at radius 2 is 2.42 bits per heavy atom. The van der Waals surface area contributed by atoms with Gasteiger partial charge in [-0.05, 0) is 38.1 Å². The van der Waals surface area contributed by atoms with E-state index in [0.717, 1.165) is 25.1 Å². The molecule has 1 saturated heterocycles. The van der Waals surface area contributed by atoms with Crippen molar-refractivity contribution in [1.29, 1.82) is 0 Å². The molecule has 100 valence electrons. The van der Waals surface area contributed by atoms with E-state index in [-0.39, 0.29) is 0 Å². The van der Waals surface area contributed by atoms with Gasteiger partial charge in [-0.15, -0.1) is 0 Å². The Bertz CT molecular complexity index is 592. The molecular formula is C14H18N4O. The molecule has 2 aromatic rings. The fraction of sp³-hybridized carbons (Fsp3) is 0.500. The molecule has 0 bridgehead atoms. The average Bonchev–Trinajstić information content (AvgIpc) is 3.04. The molecule has 19 heavy (non-hydrogen) atoms. The van der Waals surface area contributed by atoms with Crippen LogP contribution in [0.25, 0.3) is 5.65 Å². The van der Waals surface area contributed by atoms with Crippen LogP contribution >= 0.6 is 0 Å². The number of rotatable bonds is 4. The number of hydrogen-bond donors (Lipinski definition) is 0. The van der Waals surface area contributed by atoms with E-state index in [9.17, 15) is 4.79 Å². The Morgan fingerprint density at radius 1 is 1.53 bits per heavy atom. The summed E-state index contributed by atoms with van der Waals surface area (Å²) in [6.45, 7) is 4.45. The quantitative estimate of drug-likeness (QED) is 0.781. The predicted molar refractivity (Wildman–Crippen MR) is 72.3 cm³/mol. The number of aromatic nitrogens is 3. The Labute approximate surface area is 112 Å². The van der Waals surface area contributed by atoms with Gasteiger partial charge < -0.3 is 4.90 Å². The van der Waals surface area contributed by atoms with E-state index in [4.69, 9.17) is 0 Å². The Hall–Kier alpha value is -1.75. The maximum absolute atomic E-state index is 11.0. The second-order valence-electron chi connectivity index (χ2n) is 5.01. The van der Waals surface area contributed by atoms with Gasteiger partial charge in [-0.25, -0.2) is 9.50 Å². The fourth-order valence-corrected chi connectivity index (χ4v) is 2.90. The number of likely N-dealkylation sites (tertiary alicyclic amines) is 1. The number of carbonyl (C=O) groups is 1. The lowest BCUT2D eigenvalue weighted by Crippen LogP contribution is -2.31. The second kappa shape index (κ2) is 5.09. The number of hydrogen-bond acceptors (Lipinski definition) is 4. The van der Waals surface area contributed by atoms with E-state index >= 15 is 0 Å². The maximum Gasteiger partial charge on any atom is 0.166 e. The number of fused-ring (bicyclic) bond motifs is 1. The van der Waals surface area contributed by atoms with E-state index in [1.54, 1.807) is 10.6 Å². The summed E-state index contributed by atoms with van der Waals surface area (Å²) in [5, 5.41) is 4.47. The van der Waals surface area contributed by atoms with Gasteiger partial charge in [-0.3, -0.25) is 4.79 Å². The van der Waals surface area contributed by atoms with Crippen molar-refractivity contribution in [3.8, 4) is 0 Å². The van der Waals surface area contributed by atoms with Crippen molar-refractivity contribution < 1.29 is 4.79 Å². The zero-order chi connectivity index (χ0) is 13.2. The summed E-state index contributed by atoms with van der Waals surface area (Å²) in [4.78, 5) is 18.0.